The molecule has 1 aromatic heterocycles. The van der Waals surface area contributed by atoms with Gasteiger partial charge >= 0.3 is 5.97 Å². The van der Waals surface area contributed by atoms with Crippen LogP contribution in [0.5, 0.6) is 11.5 Å². The summed E-state index contributed by atoms with van der Waals surface area (Å²) in [5.41, 5.74) is 3.51. The second-order valence-electron chi connectivity index (χ2n) is 8.63. The van der Waals surface area contributed by atoms with Crippen LogP contribution in [0.4, 0.5) is 0 Å². The molecule has 0 saturated heterocycles. The van der Waals surface area contributed by atoms with Crippen molar-refractivity contribution < 1.29 is 23.8 Å². The second kappa shape index (κ2) is 12.0. The van der Waals surface area contributed by atoms with Gasteiger partial charge in [-0.15, -0.1) is 11.3 Å². The normalized spacial score (nSPS) is 11.9. The first-order valence-corrected chi connectivity index (χ1v) is 12.7. The van der Waals surface area contributed by atoms with Crippen molar-refractivity contribution in [2.24, 2.45) is 0 Å². The van der Waals surface area contributed by atoms with Crippen molar-refractivity contribution in [2.75, 3.05) is 13.7 Å². The number of aryl methyl sites for hydroxylation is 2. The lowest BCUT2D eigenvalue weighted by Crippen LogP contribution is -2.26. The van der Waals surface area contributed by atoms with Crippen LogP contribution in [0.1, 0.15) is 66.5 Å². The Bertz CT molecular complexity index is 1170. The molecule has 0 spiro atoms. The molecule has 3 aromatic rings. The molecule has 35 heavy (non-hydrogen) atoms. The first-order valence-electron chi connectivity index (χ1n) is 11.8. The number of methoxy groups -OCH3 is 1. The number of rotatable bonds is 11. The minimum atomic E-state index is -0.712. The first kappa shape index (κ1) is 26.4. The SMILES string of the molecule is CCOC(=O)C(C)Oc1ccc(C(=O)CCc2sc(-c3ccc(OC)cc3)nc2C(C)C)cc1C. The summed E-state index contributed by atoms with van der Waals surface area (Å²) < 4.78 is 16.0. The van der Waals surface area contributed by atoms with E-state index in [-0.39, 0.29) is 11.7 Å². The molecule has 0 bridgehead atoms. The summed E-state index contributed by atoms with van der Waals surface area (Å²) in [5.74, 6) is 1.29. The Balaban J connectivity index is 1.70. The molecule has 1 atom stereocenters. The minimum Gasteiger partial charge on any atom is -0.497 e. The van der Waals surface area contributed by atoms with Gasteiger partial charge in [-0.1, -0.05) is 13.8 Å². The number of ether oxygens (including phenoxy) is 3. The van der Waals surface area contributed by atoms with Crippen LogP contribution in [0.2, 0.25) is 0 Å². The van der Waals surface area contributed by atoms with Crippen LogP contribution in [0, 0.1) is 6.92 Å². The lowest BCUT2D eigenvalue weighted by Gasteiger charge is -2.15. The molecule has 186 valence electrons. The van der Waals surface area contributed by atoms with Crippen LogP contribution < -0.4 is 9.47 Å². The molecule has 0 saturated carbocycles. The number of thiazole rings is 1. The lowest BCUT2D eigenvalue weighted by atomic mass is 10.0. The maximum atomic E-state index is 13.0. The van der Waals surface area contributed by atoms with E-state index in [1.165, 1.54) is 0 Å². The van der Waals surface area contributed by atoms with E-state index < -0.39 is 12.1 Å². The average molecular weight is 496 g/mol. The third-order valence-corrected chi connectivity index (χ3v) is 6.79. The molecule has 1 heterocycles. The highest BCUT2D eigenvalue weighted by atomic mass is 32.1. The van der Waals surface area contributed by atoms with Crippen molar-refractivity contribution in [3.63, 3.8) is 0 Å². The van der Waals surface area contributed by atoms with Gasteiger partial charge in [-0.05, 0) is 81.1 Å². The molecule has 1 unspecified atom stereocenters. The number of carbonyl (C=O) groups excluding carboxylic acids is 2. The van der Waals surface area contributed by atoms with E-state index in [1.807, 2.05) is 37.3 Å². The van der Waals surface area contributed by atoms with Gasteiger partial charge < -0.3 is 14.2 Å². The highest BCUT2D eigenvalue weighted by molar-refractivity contribution is 7.15. The maximum absolute atomic E-state index is 13.0. The lowest BCUT2D eigenvalue weighted by molar-refractivity contribution is -0.150. The van der Waals surface area contributed by atoms with Crippen LogP contribution in [0.15, 0.2) is 42.5 Å². The number of Topliss-reactive ketones (excluding diaryl/α,β-unsaturated/α-hetero) is 1. The van der Waals surface area contributed by atoms with Gasteiger partial charge in [-0.3, -0.25) is 4.79 Å². The molecule has 0 amide bonds. The molecule has 0 N–H and O–H groups in total. The van der Waals surface area contributed by atoms with Crippen LogP contribution in [0.3, 0.4) is 0 Å². The number of carbonyl (C=O) groups is 2. The standard InChI is InChI=1S/C28H33NO5S/c1-7-33-28(31)19(5)34-24-14-10-21(16-18(24)4)23(30)13-15-25-26(17(2)3)29-27(35-25)20-8-11-22(32-6)12-9-20/h8-12,14,16-17,19H,7,13,15H2,1-6H3. The molecule has 3 rings (SSSR count). The summed E-state index contributed by atoms with van der Waals surface area (Å²) in [6.45, 7) is 9.82. The zero-order valence-corrected chi connectivity index (χ0v) is 22.0. The molecule has 0 aliphatic rings. The van der Waals surface area contributed by atoms with Crippen LogP contribution >= 0.6 is 11.3 Å². The summed E-state index contributed by atoms with van der Waals surface area (Å²) >= 11 is 1.64. The predicted octanol–water partition coefficient (Wildman–Crippen LogP) is 6.40. The van der Waals surface area contributed by atoms with Crippen molar-refractivity contribution in [3.8, 4) is 22.1 Å². The van der Waals surface area contributed by atoms with Gasteiger partial charge in [0.25, 0.3) is 0 Å². The Hall–Kier alpha value is -3.19. The van der Waals surface area contributed by atoms with Gasteiger partial charge in [-0.2, -0.15) is 0 Å². The van der Waals surface area contributed by atoms with Crippen molar-refractivity contribution >= 4 is 23.1 Å². The van der Waals surface area contributed by atoms with E-state index in [2.05, 4.69) is 13.8 Å². The van der Waals surface area contributed by atoms with Crippen LogP contribution in [-0.4, -0.2) is 36.6 Å². The molecular formula is C28H33NO5S. The summed E-state index contributed by atoms with van der Waals surface area (Å²) in [5, 5.41) is 0.951. The molecule has 0 fully saturated rings. The smallest absolute Gasteiger partial charge is 0.347 e. The van der Waals surface area contributed by atoms with Gasteiger partial charge in [0.15, 0.2) is 11.9 Å². The van der Waals surface area contributed by atoms with Gasteiger partial charge in [0.2, 0.25) is 0 Å². The van der Waals surface area contributed by atoms with E-state index in [0.717, 1.165) is 32.5 Å². The largest absolute Gasteiger partial charge is 0.497 e. The number of ketones is 1. The number of benzene rings is 2. The van der Waals surface area contributed by atoms with Crippen molar-refractivity contribution in [1.82, 2.24) is 4.98 Å². The monoisotopic (exact) mass is 495 g/mol. The summed E-state index contributed by atoms with van der Waals surface area (Å²) in [4.78, 5) is 30.8. The van der Waals surface area contributed by atoms with Crippen LogP contribution in [-0.2, 0) is 16.0 Å². The number of hydrogen-bond acceptors (Lipinski definition) is 7. The maximum Gasteiger partial charge on any atom is 0.347 e. The third-order valence-electron chi connectivity index (χ3n) is 5.61. The van der Waals surface area contributed by atoms with Crippen molar-refractivity contribution in [1.29, 1.82) is 0 Å². The molecule has 0 radical (unpaired) electrons. The Kier molecular flexibility index (Phi) is 9.04. The topological polar surface area (TPSA) is 74.7 Å². The van der Waals surface area contributed by atoms with Crippen molar-refractivity contribution in [3.05, 3.63) is 64.2 Å². The molecule has 0 aliphatic heterocycles. The molecular weight excluding hydrogens is 462 g/mol. The quantitative estimate of drug-likeness (QED) is 0.226. The van der Waals surface area contributed by atoms with Gasteiger partial charge in [-0.25, -0.2) is 9.78 Å². The third kappa shape index (κ3) is 6.69. The summed E-state index contributed by atoms with van der Waals surface area (Å²) in [7, 11) is 1.65. The van der Waals surface area contributed by atoms with E-state index >= 15 is 0 Å². The fraction of sp³-hybridized carbons (Fsp3) is 0.393. The number of esters is 1. The average Bonchev–Trinajstić information content (AvgIpc) is 3.28. The van der Waals surface area contributed by atoms with E-state index in [9.17, 15) is 9.59 Å². The molecule has 6 nitrogen and oxygen atoms in total. The Morgan fingerprint density at radius 2 is 1.77 bits per heavy atom. The Labute approximate surface area is 211 Å². The number of nitrogens with zero attached hydrogens (tertiary/aromatic N) is 1. The summed E-state index contributed by atoms with van der Waals surface area (Å²) in [6, 6.07) is 13.2. The van der Waals surface area contributed by atoms with E-state index in [1.54, 1.807) is 44.4 Å². The summed E-state index contributed by atoms with van der Waals surface area (Å²) in [6.07, 6.45) is 0.316. The second-order valence-corrected chi connectivity index (χ2v) is 9.71. The molecule has 0 aliphatic carbocycles. The zero-order valence-electron chi connectivity index (χ0n) is 21.2. The minimum absolute atomic E-state index is 0.0622. The number of aromatic nitrogens is 1. The Morgan fingerprint density at radius 3 is 2.37 bits per heavy atom. The van der Waals surface area contributed by atoms with Gasteiger partial charge in [0.05, 0.1) is 19.4 Å². The fourth-order valence-electron chi connectivity index (χ4n) is 3.68. The molecule has 7 heteroatoms. The highest BCUT2D eigenvalue weighted by Gasteiger charge is 2.19. The number of hydrogen-bond donors (Lipinski definition) is 0. The van der Waals surface area contributed by atoms with Gasteiger partial charge in [0, 0.05) is 22.4 Å². The highest BCUT2D eigenvalue weighted by Crippen LogP contribution is 2.33. The van der Waals surface area contributed by atoms with E-state index in [4.69, 9.17) is 19.2 Å². The van der Waals surface area contributed by atoms with Crippen LogP contribution in [0.25, 0.3) is 10.6 Å². The fourth-order valence-corrected chi connectivity index (χ4v) is 4.90. The van der Waals surface area contributed by atoms with Crippen molar-refractivity contribution in [2.45, 2.75) is 59.5 Å². The molecule has 2 aromatic carbocycles. The Morgan fingerprint density at radius 1 is 1.06 bits per heavy atom. The van der Waals surface area contributed by atoms with E-state index in [0.29, 0.717) is 30.8 Å². The van der Waals surface area contributed by atoms with Gasteiger partial charge in [0.1, 0.15) is 16.5 Å². The zero-order chi connectivity index (χ0) is 25.5. The predicted molar refractivity (Wildman–Crippen MR) is 139 cm³/mol. The first-order chi connectivity index (χ1) is 16.7.